The molecular weight excluding hydrogens is 351 g/mol. The van der Waals surface area contributed by atoms with Crippen LogP contribution in [0.4, 0.5) is 22.0 Å². The van der Waals surface area contributed by atoms with Gasteiger partial charge in [-0.1, -0.05) is 38.3 Å². The standard InChI is InChI=1S/C20H27F5O/c1-2-3-4-5-14-26-18-12-8-16(9-13-18)15-6-10-17(11-7-15)19(21,22)20(23,24)25/h8-9,12-13,15,17H,2-7,10-11,14H2,1H3. The Bertz CT molecular complexity index is 530. The van der Waals surface area contributed by atoms with Gasteiger partial charge in [-0.2, -0.15) is 22.0 Å². The quantitative estimate of drug-likeness (QED) is 0.346. The Kier molecular flexibility index (Phi) is 7.30. The van der Waals surface area contributed by atoms with E-state index in [2.05, 4.69) is 6.92 Å². The molecule has 0 N–H and O–H groups in total. The van der Waals surface area contributed by atoms with Gasteiger partial charge in [0.15, 0.2) is 0 Å². The summed E-state index contributed by atoms with van der Waals surface area (Å²) in [5.41, 5.74) is 0.983. The highest BCUT2D eigenvalue weighted by Gasteiger charge is 2.62. The van der Waals surface area contributed by atoms with Crippen molar-refractivity contribution in [3.63, 3.8) is 0 Å². The van der Waals surface area contributed by atoms with Gasteiger partial charge >= 0.3 is 12.1 Å². The van der Waals surface area contributed by atoms with Gasteiger partial charge in [0.25, 0.3) is 0 Å². The third kappa shape index (κ3) is 5.34. The smallest absolute Gasteiger partial charge is 0.453 e. The number of alkyl halides is 5. The zero-order chi connectivity index (χ0) is 19.2. The van der Waals surface area contributed by atoms with Crippen molar-refractivity contribution < 1.29 is 26.7 Å². The molecule has 0 unspecified atom stereocenters. The normalized spacial score (nSPS) is 21.6. The lowest BCUT2D eigenvalue weighted by atomic mass is 9.76. The van der Waals surface area contributed by atoms with Crippen LogP contribution in [0.1, 0.15) is 69.8 Å². The van der Waals surface area contributed by atoms with Crippen LogP contribution in [0.3, 0.4) is 0 Å². The first kappa shape index (κ1) is 21.0. The van der Waals surface area contributed by atoms with Gasteiger partial charge in [-0.25, -0.2) is 0 Å². The van der Waals surface area contributed by atoms with Gasteiger partial charge in [-0.05, 0) is 55.7 Å². The molecule has 0 amide bonds. The first-order valence-electron chi connectivity index (χ1n) is 9.43. The molecule has 0 bridgehead atoms. The average Bonchev–Trinajstić information content (AvgIpc) is 2.61. The minimum Gasteiger partial charge on any atom is -0.494 e. The van der Waals surface area contributed by atoms with Crippen molar-refractivity contribution in [3.05, 3.63) is 29.8 Å². The topological polar surface area (TPSA) is 9.23 Å². The zero-order valence-electron chi connectivity index (χ0n) is 15.1. The van der Waals surface area contributed by atoms with Crippen LogP contribution >= 0.6 is 0 Å². The van der Waals surface area contributed by atoms with Gasteiger partial charge in [-0.3, -0.25) is 0 Å². The average molecular weight is 378 g/mol. The molecule has 1 aliphatic carbocycles. The Hall–Kier alpha value is -1.33. The highest BCUT2D eigenvalue weighted by atomic mass is 19.4. The van der Waals surface area contributed by atoms with E-state index in [1.807, 2.05) is 24.3 Å². The van der Waals surface area contributed by atoms with Crippen LogP contribution < -0.4 is 4.74 Å². The fourth-order valence-corrected chi connectivity index (χ4v) is 3.58. The summed E-state index contributed by atoms with van der Waals surface area (Å²) < 4.78 is 70.0. The van der Waals surface area contributed by atoms with Gasteiger partial charge in [0, 0.05) is 5.92 Å². The predicted molar refractivity (Wildman–Crippen MR) is 91.8 cm³/mol. The fraction of sp³-hybridized carbons (Fsp3) is 0.700. The number of benzene rings is 1. The highest BCUT2D eigenvalue weighted by molar-refractivity contribution is 5.29. The van der Waals surface area contributed by atoms with E-state index in [1.165, 1.54) is 12.8 Å². The van der Waals surface area contributed by atoms with Gasteiger partial charge < -0.3 is 4.74 Å². The van der Waals surface area contributed by atoms with Crippen LogP contribution in [-0.2, 0) is 0 Å². The highest BCUT2D eigenvalue weighted by Crippen LogP contribution is 2.49. The summed E-state index contributed by atoms with van der Waals surface area (Å²) in [6.07, 6.45) is -0.445. The maximum Gasteiger partial charge on any atom is 0.453 e. The Morgan fingerprint density at radius 2 is 1.50 bits per heavy atom. The summed E-state index contributed by atoms with van der Waals surface area (Å²) >= 11 is 0. The molecule has 0 aliphatic heterocycles. The van der Waals surface area contributed by atoms with Crippen molar-refractivity contribution in [1.82, 2.24) is 0 Å². The molecule has 1 aromatic carbocycles. The second-order valence-electron chi connectivity index (χ2n) is 7.15. The van der Waals surface area contributed by atoms with Crippen LogP contribution in [0.2, 0.25) is 0 Å². The second-order valence-corrected chi connectivity index (χ2v) is 7.15. The van der Waals surface area contributed by atoms with Gasteiger partial charge in [-0.15, -0.1) is 0 Å². The summed E-state index contributed by atoms with van der Waals surface area (Å²) in [5, 5.41) is 0. The number of hydrogen-bond acceptors (Lipinski definition) is 1. The molecule has 6 heteroatoms. The Labute approximate surface area is 151 Å². The lowest BCUT2D eigenvalue weighted by molar-refractivity contribution is -0.305. The summed E-state index contributed by atoms with van der Waals surface area (Å²) in [6, 6.07) is 7.50. The van der Waals surface area contributed by atoms with Crippen LogP contribution in [0.5, 0.6) is 5.75 Å². The summed E-state index contributed by atoms with van der Waals surface area (Å²) in [5.74, 6) is -5.39. The van der Waals surface area contributed by atoms with E-state index >= 15 is 0 Å². The number of halogens is 5. The molecule has 0 spiro atoms. The molecule has 2 rings (SSSR count). The molecule has 0 aromatic heterocycles. The van der Waals surface area contributed by atoms with Crippen molar-refractivity contribution in [1.29, 1.82) is 0 Å². The molecule has 0 saturated heterocycles. The molecule has 26 heavy (non-hydrogen) atoms. The van der Waals surface area contributed by atoms with Crippen molar-refractivity contribution in [3.8, 4) is 5.75 Å². The molecule has 1 saturated carbocycles. The minimum absolute atomic E-state index is 0.0360. The van der Waals surface area contributed by atoms with E-state index in [9.17, 15) is 22.0 Å². The number of hydrogen-bond donors (Lipinski definition) is 0. The Morgan fingerprint density at radius 3 is 2.04 bits per heavy atom. The lowest BCUT2D eigenvalue weighted by Crippen LogP contribution is -2.44. The molecule has 1 aliphatic rings. The van der Waals surface area contributed by atoms with Crippen LogP contribution in [0.25, 0.3) is 0 Å². The van der Waals surface area contributed by atoms with E-state index in [1.54, 1.807) is 0 Å². The second kappa shape index (κ2) is 9.05. The van der Waals surface area contributed by atoms with Crippen LogP contribution in [0.15, 0.2) is 24.3 Å². The van der Waals surface area contributed by atoms with Gasteiger partial charge in [0.05, 0.1) is 6.61 Å². The van der Waals surface area contributed by atoms with E-state index < -0.39 is 18.0 Å². The molecule has 1 aromatic rings. The molecule has 0 heterocycles. The van der Waals surface area contributed by atoms with E-state index in [0.29, 0.717) is 19.4 Å². The van der Waals surface area contributed by atoms with E-state index in [-0.39, 0.29) is 18.8 Å². The first-order chi connectivity index (χ1) is 12.3. The number of unbranched alkanes of at least 4 members (excludes halogenated alkanes) is 3. The predicted octanol–water partition coefficient (Wildman–Crippen LogP) is 7.12. The summed E-state index contributed by atoms with van der Waals surface area (Å²) in [7, 11) is 0. The molecule has 148 valence electrons. The largest absolute Gasteiger partial charge is 0.494 e. The molecule has 0 atom stereocenters. The number of rotatable bonds is 8. The summed E-state index contributed by atoms with van der Waals surface area (Å²) in [6.45, 7) is 2.81. The van der Waals surface area contributed by atoms with Crippen molar-refractivity contribution in [2.75, 3.05) is 6.61 Å². The third-order valence-electron chi connectivity index (χ3n) is 5.24. The molecular formula is C20H27F5O. The van der Waals surface area contributed by atoms with Crippen LogP contribution in [-0.4, -0.2) is 18.7 Å². The lowest BCUT2D eigenvalue weighted by Gasteiger charge is -2.34. The maximum atomic E-state index is 13.5. The SMILES string of the molecule is CCCCCCOc1ccc(C2CCC(C(F)(F)C(F)(F)F)CC2)cc1. The van der Waals surface area contributed by atoms with Gasteiger partial charge in [0.1, 0.15) is 5.75 Å². The number of ether oxygens (including phenoxy) is 1. The zero-order valence-corrected chi connectivity index (χ0v) is 15.1. The minimum atomic E-state index is -5.46. The third-order valence-corrected chi connectivity index (χ3v) is 5.24. The summed E-state index contributed by atoms with van der Waals surface area (Å²) in [4.78, 5) is 0. The Morgan fingerprint density at radius 1 is 0.885 bits per heavy atom. The van der Waals surface area contributed by atoms with Crippen LogP contribution in [0, 0.1) is 5.92 Å². The molecule has 1 nitrogen and oxygen atoms in total. The van der Waals surface area contributed by atoms with Crippen molar-refractivity contribution in [2.45, 2.75) is 76.3 Å². The van der Waals surface area contributed by atoms with Crippen molar-refractivity contribution in [2.24, 2.45) is 5.92 Å². The fourth-order valence-electron chi connectivity index (χ4n) is 3.58. The van der Waals surface area contributed by atoms with E-state index in [0.717, 1.165) is 24.2 Å². The molecule has 1 fully saturated rings. The maximum absolute atomic E-state index is 13.5. The van der Waals surface area contributed by atoms with Crippen molar-refractivity contribution >= 4 is 0 Å². The van der Waals surface area contributed by atoms with Gasteiger partial charge in [0.2, 0.25) is 0 Å². The Balaban J connectivity index is 1.82. The monoisotopic (exact) mass is 378 g/mol. The van der Waals surface area contributed by atoms with E-state index in [4.69, 9.17) is 4.74 Å². The first-order valence-corrected chi connectivity index (χ1v) is 9.43. The molecule has 0 radical (unpaired) electrons.